The summed E-state index contributed by atoms with van der Waals surface area (Å²) in [6.07, 6.45) is 4.60. The van der Waals surface area contributed by atoms with Crippen LogP contribution in [0.15, 0.2) is 54.7 Å². The number of hydrogen-bond donors (Lipinski definition) is 0. The fourth-order valence-corrected chi connectivity index (χ4v) is 4.92. The molecular weight excluding hydrogens is 416 g/mol. The summed E-state index contributed by atoms with van der Waals surface area (Å²) in [5.41, 5.74) is 1.27. The van der Waals surface area contributed by atoms with Crippen LogP contribution in [0.1, 0.15) is 25.7 Å². The first kappa shape index (κ1) is 23.2. The Hall–Kier alpha value is -2.93. The van der Waals surface area contributed by atoms with Gasteiger partial charge in [0.25, 0.3) is 0 Å². The van der Waals surface area contributed by atoms with E-state index >= 15 is 0 Å². The van der Waals surface area contributed by atoms with Gasteiger partial charge in [-0.15, -0.1) is 0 Å². The number of aromatic nitrogens is 1. The van der Waals surface area contributed by atoms with E-state index in [1.54, 1.807) is 6.20 Å². The summed E-state index contributed by atoms with van der Waals surface area (Å²) >= 11 is 0. The van der Waals surface area contributed by atoms with Crippen LogP contribution in [-0.4, -0.2) is 68.1 Å². The Morgan fingerprint density at radius 3 is 2.24 bits per heavy atom. The van der Waals surface area contributed by atoms with Gasteiger partial charge in [0.1, 0.15) is 5.82 Å². The summed E-state index contributed by atoms with van der Waals surface area (Å²) in [5.74, 6) is 0.531. The van der Waals surface area contributed by atoms with Crippen LogP contribution in [0.25, 0.3) is 0 Å². The van der Waals surface area contributed by atoms with Crippen molar-refractivity contribution in [2.45, 2.75) is 25.7 Å². The molecule has 7 heteroatoms. The first-order chi connectivity index (χ1) is 16.2. The molecule has 1 aromatic heterocycles. The smallest absolute Gasteiger partial charge is 0.308 e. The molecule has 0 radical (unpaired) electrons. The molecule has 0 bridgehead atoms. The highest BCUT2D eigenvalue weighted by Gasteiger charge is 2.33. The lowest BCUT2D eigenvalue weighted by Crippen LogP contribution is -2.50. The zero-order valence-electron chi connectivity index (χ0n) is 19.4. The highest BCUT2D eigenvalue weighted by atomic mass is 16.5. The van der Waals surface area contributed by atoms with Crippen LogP contribution in [0.2, 0.25) is 0 Å². The van der Waals surface area contributed by atoms with Crippen LogP contribution in [0.4, 0.5) is 11.5 Å². The molecule has 0 spiro atoms. The standard InChI is InChI=1S/C26H34N4O3/c1-33-26(32)22-12-10-21(11-13-22)25(31)30(24-9-5-6-14-27-24)20-17-28-15-18-29(19-16-28)23-7-3-2-4-8-23/h2-9,14,21-22H,10-13,15-20H2,1H3. The van der Waals surface area contributed by atoms with Crippen molar-refractivity contribution in [1.82, 2.24) is 9.88 Å². The van der Waals surface area contributed by atoms with E-state index in [9.17, 15) is 9.59 Å². The number of rotatable bonds is 7. The topological polar surface area (TPSA) is 66.0 Å². The maximum absolute atomic E-state index is 13.5. The van der Waals surface area contributed by atoms with Crippen molar-refractivity contribution in [2.24, 2.45) is 11.8 Å². The minimum Gasteiger partial charge on any atom is -0.469 e. The minimum atomic E-state index is -0.155. The van der Waals surface area contributed by atoms with Crippen molar-refractivity contribution >= 4 is 23.4 Å². The lowest BCUT2D eigenvalue weighted by Gasteiger charge is -2.37. The fraction of sp³-hybridized carbons (Fsp3) is 0.500. The lowest BCUT2D eigenvalue weighted by atomic mass is 9.81. The molecule has 176 valence electrons. The number of pyridine rings is 1. The van der Waals surface area contributed by atoms with Gasteiger partial charge < -0.3 is 9.64 Å². The van der Waals surface area contributed by atoms with Crippen molar-refractivity contribution in [3.8, 4) is 0 Å². The van der Waals surface area contributed by atoms with E-state index in [-0.39, 0.29) is 23.7 Å². The molecule has 0 unspecified atom stereocenters. The molecule has 2 heterocycles. The minimum absolute atomic E-state index is 0.0668. The third-order valence-corrected chi connectivity index (χ3v) is 6.94. The van der Waals surface area contributed by atoms with Gasteiger partial charge >= 0.3 is 5.97 Å². The molecule has 1 aromatic carbocycles. The molecule has 7 nitrogen and oxygen atoms in total. The van der Waals surface area contributed by atoms with E-state index in [1.807, 2.05) is 29.2 Å². The molecule has 2 aliphatic rings. The normalized spacial score (nSPS) is 21.4. The Kier molecular flexibility index (Phi) is 7.94. The Bertz CT molecular complexity index is 892. The van der Waals surface area contributed by atoms with Gasteiger partial charge in [-0.1, -0.05) is 24.3 Å². The predicted octanol–water partition coefficient (Wildman–Crippen LogP) is 3.22. The first-order valence-electron chi connectivity index (χ1n) is 12.0. The summed E-state index contributed by atoms with van der Waals surface area (Å²) in [6.45, 7) is 5.37. The monoisotopic (exact) mass is 450 g/mol. The van der Waals surface area contributed by atoms with Crippen molar-refractivity contribution in [3.05, 3.63) is 54.7 Å². The number of benzene rings is 1. The van der Waals surface area contributed by atoms with Crippen LogP contribution in [0.3, 0.4) is 0 Å². The zero-order valence-corrected chi connectivity index (χ0v) is 19.4. The number of carbonyl (C=O) groups excluding carboxylic acids is 2. The van der Waals surface area contributed by atoms with E-state index in [0.717, 1.165) is 45.6 Å². The third-order valence-electron chi connectivity index (χ3n) is 6.94. The molecule has 2 fully saturated rings. The highest BCUT2D eigenvalue weighted by Crippen LogP contribution is 2.31. The third kappa shape index (κ3) is 5.90. The maximum Gasteiger partial charge on any atom is 0.308 e. The zero-order chi connectivity index (χ0) is 23.0. The number of para-hydroxylation sites is 1. The Morgan fingerprint density at radius 2 is 1.61 bits per heavy atom. The second kappa shape index (κ2) is 11.3. The van der Waals surface area contributed by atoms with Crippen molar-refractivity contribution in [2.75, 3.05) is 56.2 Å². The Balaban J connectivity index is 1.34. The van der Waals surface area contributed by atoms with Gasteiger partial charge in [-0.05, 0) is 49.9 Å². The number of ether oxygens (including phenoxy) is 1. The molecule has 0 N–H and O–H groups in total. The van der Waals surface area contributed by atoms with E-state index in [1.165, 1.54) is 12.8 Å². The SMILES string of the molecule is COC(=O)C1CCC(C(=O)N(CCN2CCN(c3ccccc3)CC2)c2ccccn2)CC1. The van der Waals surface area contributed by atoms with Gasteiger partial charge in [0.05, 0.1) is 13.0 Å². The Morgan fingerprint density at radius 1 is 0.939 bits per heavy atom. The fourth-order valence-electron chi connectivity index (χ4n) is 4.92. The van der Waals surface area contributed by atoms with Crippen molar-refractivity contribution in [1.29, 1.82) is 0 Å². The molecule has 1 amide bonds. The largest absolute Gasteiger partial charge is 0.469 e. The number of amides is 1. The summed E-state index contributed by atoms with van der Waals surface area (Å²) < 4.78 is 4.89. The molecule has 1 saturated heterocycles. The molecule has 0 atom stereocenters. The number of methoxy groups -OCH3 is 1. The molecule has 1 aliphatic carbocycles. The molecule has 1 saturated carbocycles. The van der Waals surface area contributed by atoms with Gasteiger partial charge in [0, 0.05) is 57.1 Å². The van der Waals surface area contributed by atoms with Crippen LogP contribution in [0, 0.1) is 11.8 Å². The van der Waals surface area contributed by atoms with Crippen LogP contribution in [0.5, 0.6) is 0 Å². The lowest BCUT2D eigenvalue weighted by molar-refractivity contribution is -0.147. The molecular formula is C26H34N4O3. The van der Waals surface area contributed by atoms with Gasteiger partial charge in [-0.3, -0.25) is 19.4 Å². The van der Waals surface area contributed by atoms with E-state index in [2.05, 4.69) is 39.0 Å². The quantitative estimate of drug-likeness (QED) is 0.604. The van der Waals surface area contributed by atoms with Gasteiger partial charge in [0.2, 0.25) is 5.91 Å². The summed E-state index contributed by atoms with van der Waals surface area (Å²) in [4.78, 5) is 36.5. The van der Waals surface area contributed by atoms with E-state index < -0.39 is 0 Å². The first-order valence-corrected chi connectivity index (χ1v) is 12.0. The molecule has 4 rings (SSSR count). The number of hydrogen-bond acceptors (Lipinski definition) is 6. The van der Waals surface area contributed by atoms with Crippen LogP contribution in [-0.2, 0) is 14.3 Å². The van der Waals surface area contributed by atoms with Gasteiger partial charge in [-0.2, -0.15) is 0 Å². The van der Waals surface area contributed by atoms with Gasteiger partial charge in [0.15, 0.2) is 0 Å². The van der Waals surface area contributed by atoms with Crippen molar-refractivity contribution < 1.29 is 14.3 Å². The number of nitrogens with zero attached hydrogens (tertiary/aromatic N) is 4. The van der Waals surface area contributed by atoms with E-state index in [4.69, 9.17) is 4.74 Å². The summed E-state index contributed by atoms with van der Waals surface area (Å²) in [7, 11) is 1.43. The van der Waals surface area contributed by atoms with Gasteiger partial charge in [-0.25, -0.2) is 4.98 Å². The number of esters is 1. The summed E-state index contributed by atoms with van der Waals surface area (Å²) in [6, 6.07) is 16.2. The van der Waals surface area contributed by atoms with Crippen LogP contribution >= 0.6 is 0 Å². The van der Waals surface area contributed by atoms with Crippen LogP contribution < -0.4 is 9.80 Å². The summed E-state index contributed by atoms with van der Waals surface area (Å²) in [5, 5.41) is 0. The molecule has 2 aromatic rings. The maximum atomic E-state index is 13.5. The molecule has 33 heavy (non-hydrogen) atoms. The Labute approximate surface area is 196 Å². The average molecular weight is 451 g/mol. The predicted molar refractivity (Wildman–Crippen MR) is 129 cm³/mol. The average Bonchev–Trinajstić information content (AvgIpc) is 2.90. The second-order valence-corrected chi connectivity index (χ2v) is 8.91. The second-order valence-electron chi connectivity index (χ2n) is 8.91. The highest BCUT2D eigenvalue weighted by molar-refractivity contribution is 5.94. The number of piperazine rings is 1. The number of anilines is 2. The molecule has 1 aliphatic heterocycles. The van der Waals surface area contributed by atoms with E-state index in [0.29, 0.717) is 25.2 Å². The van der Waals surface area contributed by atoms with Crippen molar-refractivity contribution in [3.63, 3.8) is 0 Å². The number of carbonyl (C=O) groups is 2.